The minimum atomic E-state index is 0.265. The smallest absolute Gasteiger partial charge is 0.250 e. The summed E-state index contributed by atoms with van der Waals surface area (Å²) < 4.78 is 11.5. The van der Waals surface area contributed by atoms with E-state index in [0.29, 0.717) is 38.5 Å². The molecular formula is C29H30Cl3N7O2. The maximum Gasteiger partial charge on any atom is 0.250 e. The first kappa shape index (κ1) is 30.2. The Kier molecular flexibility index (Phi) is 10.5. The molecule has 0 amide bonds. The van der Waals surface area contributed by atoms with Crippen LogP contribution in [0.2, 0.25) is 15.1 Å². The van der Waals surface area contributed by atoms with Crippen molar-refractivity contribution in [3.63, 3.8) is 0 Å². The predicted octanol–water partition coefficient (Wildman–Crippen LogP) is 7.76. The fraction of sp³-hybridized carbons (Fsp3) is 0.241. The number of nitrogens with one attached hydrogen (secondary N) is 2. The summed E-state index contributed by atoms with van der Waals surface area (Å²) in [6, 6.07) is 16.4. The quantitative estimate of drug-likeness (QED) is 0.123. The summed E-state index contributed by atoms with van der Waals surface area (Å²) in [6.45, 7) is 7.75. The molecule has 0 saturated carbocycles. The van der Waals surface area contributed by atoms with Crippen molar-refractivity contribution in [2.75, 3.05) is 35.8 Å². The first-order valence-corrected chi connectivity index (χ1v) is 14.0. The number of halogens is 3. The molecule has 4 aromatic rings. The molecule has 0 bridgehead atoms. The summed E-state index contributed by atoms with van der Waals surface area (Å²) in [7, 11) is 1.58. The maximum absolute atomic E-state index is 6.29. The van der Waals surface area contributed by atoms with Crippen molar-refractivity contribution < 1.29 is 9.47 Å². The Morgan fingerprint density at radius 2 is 1.66 bits per heavy atom. The lowest BCUT2D eigenvalue weighted by Gasteiger charge is -2.19. The Balaban J connectivity index is 1.49. The molecule has 9 nitrogen and oxygen atoms in total. The summed E-state index contributed by atoms with van der Waals surface area (Å²) in [6.07, 6.45) is 1.64. The van der Waals surface area contributed by atoms with Gasteiger partial charge in [-0.2, -0.15) is 20.1 Å². The highest BCUT2D eigenvalue weighted by atomic mass is 35.5. The van der Waals surface area contributed by atoms with Gasteiger partial charge in [0, 0.05) is 39.4 Å². The second kappa shape index (κ2) is 14.2. The van der Waals surface area contributed by atoms with Crippen LogP contribution < -0.4 is 25.1 Å². The van der Waals surface area contributed by atoms with Crippen LogP contribution in [-0.4, -0.2) is 41.4 Å². The highest BCUT2D eigenvalue weighted by Crippen LogP contribution is 2.30. The Labute approximate surface area is 254 Å². The Hall–Kier alpha value is -3.79. The Morgan fingerprint density at radius 3 is 2.37 bits per heavy atom. The third kappa shape index (κ3) is 8.13. The molecule has 4 rings (SSSR count). The molecule has 1 heterocycles. The predicted molar refractivity (Wildman–Crippen MR) is 168 cm³/mol. The van der Waals surface area contributed by atoms with Crippen LogP contribution in [0, 0.1) is 6.92 Å². The van der Waals surface area contributed by atoms with Gasteiger partial charge in [0.05, 0.1) is 13.3 Å². The average Bonchev–Trinajstić information content (AvgIpc) is 2.95. The lowest BCUT2D eigenvalue weighted by molar-refractivity contribution is 0.284. The van der Waals surface area contributed by atoms with Crippen LogP contribution in [0.15, 0.2) is 59.7 Å². The largest absolute Gasteiger partial charge is 0.493 e. The molecule has 0 aliphatic heterocycles. The number of hydrazone groups is 1. The topological polar surface area (TPSA) is 96.8 Å². The molecule has 1 aromatic heterocycles. The molecular weight excluding hydrogens is 585 g/mol. The van der Waals surface area contributed by atoms with Gasteiger partial charge in [-0.05, 0) is 74.4 Å². The molecule has 0 atom stereocenters. The number of anilines is 4. The van der Waals surface area contributed by atoms with E-state index in [1.54, 1.807) is 31.5 Å². The minimum Gasteiger partial charge on any atom is -0.493 e. The van der Waals surface area contributed by atoms with Crippen LogP contribution in [-0.2, 0) is 6.61 Å². The van der Waals surface area contributed by atoms with Gasteiger partial charge in [-0.3, -0.25) is 0 Å². The van der Waals surface area contributed by atoms with E-state index in [-0.39, 0.29) is 12.6 Å². The van der Waals surface area contributed by atoms with Crippen molar-refractivity contribution >= 4 is 64.5 Å². The highest BCUT2D eigenvalue weighted by Gasteiger charge is 2.12. The van der Waals surface area contributed by atoms with Crippen LogP contribution in [0.3, 0.4) is 0 Å². The van der Waals surface area contributed by atoms with Gasteiger partial charge in [-0.25, -0.2) is 5.43 Å². The van der Waals surface area contributed by atoms with Crippen LogP contribution in [0.4, 0.5) is 23.5 Å². The zero-order valence-corrected chi connectivity index (χ0v) is 25.3. The number of hydrogen-bond donors (Lipinski definition) is 2. The molecule has 214 valence electrons. The van der Waals surface area contributed by atoms with Gasteiger partial charge in [0.1, 0.15) is 6.61 Å². The summed E-state index contributed by atoms with van der Waals surface area (Å²) in [5.41, 5.74) is 6.24. The highest BCUT2D eigenvalue weighted by molar-refractivity contribution is 6.35. The summed E-state index contributed by atoms with van der Waals surface area (Å²) in [5, 5.41) is 9.29. The van der Waals surface area contributed by atoms with E-state index in [4.69, 9.17) is 44.3 Å². The van der Waals surface area contributed by atoms with Crippen molar-refractivity contribution in [3.8, 4) is 11.5 Å². The molecule has 0 saturated heterocycles. The third-order valence-electron chi connectivity index (χ3n) is 6.06. The molecule has 2 N–H and O–H groups in total. The lowest BCUT2D eigenvalue weighted by Crippen LogP contribution is -2.25. The molecule has 0 radical (unpaired) electrons. The zero-order valence-electron chi connectivity index (χ0n) is 23.1. The van der Waals surface area contributed by atoms with Crippen molar-refractivity contribution in [2.45, 2.75) is 27.4 Å². The van der Waals surface area contributed by atoms with E-state index in [9.17, 15) is 0 Å². The number of benzene rings is 3. The Bertz CT molecular complexity index is 1530. The van der Waals surface area contributed by atoms with Gasteiger partial charge < -0.3 is 19.7 Å². The number of methoxy groups -OCH3 is 1. The molecule has 41 heavy (non-hydrogen) atoms. The fourth-order valence-corrected chi connectivity index (χ4v) is 4.40. The second-order valence-corrected chi connectivity index (χ2v) is 10.1. The number of aromatic nitrogens is 3. The van der Waals surface area contributed by atoms with E-state index in [2.05, 4.69) is 30.8 Å². The van der Waals surface area contributed by atoms with E-state index in [0.717, 1.165) is 35.5 Å². The number of rotatable bonds is 12. The van der Waals surface area contributed by atoms with E-state index in [1.165, 1.54) is 0 Å². The van der Waals surface area contributed by atoms with E-state index in [1.807, 2.05) is 62.1 Å². The van der Waals surface area contributed by atoms with E-state index >= 15 is 0 Å². The number of nitrogens with zero attached hydrogens (tertiary/aromatic N) is 5. The van der Waals surface area contributed by atoms with Crippen molar-refractivity contribution in [3.05, 3.63) is 86.4 Å². The first-order chi connectivity index (χ1) is 19.8. The normalized spacial score (nSPS) is 11.0. The zero-order chi connectivity index (χ0) is 29.4. The van der Waals surface area contributed by atoms with Crippen LogP contribution >= 0.6 is 34.8 Å². The van der Waals surface area contributed by atoms with Gasteiger partial charge in [-0.15, -0.1) is 0 Å². The molecule has 0 fully saturated rings. The molecule has 3 aromatic carbocycles. The maximum atomic E-state index is 6.29. The van der Waals surface area contributed by atoms with E-state index < -0.39 is 0 Å². The van der Waals surface area contributed by atoms with Gasteiger partial charge in [0.15, 0.2) is 11.5 Å². The van der Waals surface area contributed by atoms with Crippen LogP contribution in [0.1, 0.15) is 30.5 Å². The molecule has 0 aliphatic rings. The average molecular weight is 615 g/mol. The number of hydrogen-bond acceptors (Lipinski definition) is 9. The lowest BCUT2D eigenvalue weighted by atomic mass is 10.2. The molecule has 0 aliphatic carbocycles. The summed E-state index contributed by atoms with van der Waals surface area (Å²) >= 11 is 18.5. The minimum absolute atomic E-state index is 0.265. The van der Waals surface area contributed by atoms with Gasteiger partial charge in [0.25, 0.3) is 0 Å². The fourth-order valence-electron chi connectivity index (χ4n) is 3.76. The molecule has 0 spiro atoms. The van der Waals surface area contributed by atoms with Crippen LogP contribution in [0.25, 0.3) is 0 Å². The third-order valence-corrected chi connectivity index (χ3v) is 7.06. The number of aryl methyl sites for hydroxylation is 1. The molecule has 0 unspecified atom stereocenters. The molecule has 12 heteroatoms. The van der Waals surface area contributed by atoms with Crippen molar-refractivity contribution in [1.82, 2.24) is 15.0 Å². The van der Waals surface area contributed by atoms with Gasteiger partial charge in [0.2, 0.25) is 17.8 Å². The van der Waals surface area contributed by atoms with Crippen molar-refractivity contribution in [2.24, 2.45) is 5.10 Å². The standard InChI is InChI=1S/C29H30Cl3N7O2/c1-5-39(6-2)29-36-27(34-22-11-7-18(3)23(31)15-22)35-28(37-29)38-33-16-19-8-12-25(26(13-19)40-4)41-17-20-9-10-21(30)14-24(20)32/h7-16H,5-6,17H2,1-4H3,(H2,34,35,36,37,38)/b33-16+. The summed E-state index contributed by atoms with van der Waals surface area (Å²) in [5.74, 6) is 2.28. The number of ether oxygens (including phenoxy) is 2. The SMILES string of the molecule is CCN(CC)c1nc(N/N=C/c2ccc(OCc3ccc(Cl)cc3Cl)c(OC)c2)nc(Nc2ccc(C)c(Cl)c2)n1. The van der Waals surface area contributed by atoms with Gasteiger partial charge >= 0.3 is 0 Å². The monoisotopic (exact) mass is 613 g/mol. The second-order valence-electron chi connectivity index (χ2n) is 8.85. The Morgan fingerprint density at radius 1 is 0.878 bits per heavy atom. The summed E-state index contributed by atoms with van der Waals surface area (Å²) in [4.78, 5) is 15.6. The van der Waals surface area contributed by atoms with Crippen molar-refractivity contribution in [1.29, 1.82) is 0 Å². The first-order valence-electron chi connectivity index (χ1n) is 12.9. The van der Waals surface area contributed by atoms with Gasteiger partial charge in [-0.1, -0.05) is 46.9 Å². The van der Waals surface area contributed by atoms with Crippen LogP contribution in [0.5, 0.6) is 11.5 Å².